The fraction of sp³-hybridized carbons (Fsp3) is 0.235. The van der Waals surface area contributed by atoms with Crippen molar-refractivity contribution in [2.45, 2.75) is 26.2 Å². The quantitative estimate of drug-likeness (QED) is 0.724. The lowest BCUT2D eigenvalue weighted by Gasteiger charge is -2.06. The van der Waals surface area contributed by atoms with Gasteiger partial charge in [-0.05, 0) is 29.2 Å². The maximum Gasteiger partial charge on any atom is 0.167 e. The van der Waals surface area contributed by atoms with Gasteiger partial charge in [0.05, 0.1) is 0 Å². The minimum Gasteiger partial charge on any atom is -0.294 e. The summed E-state index contributed by atoms with van der Waals surface area (Å²) in [6.07, 6.45) is 0.390. The Morgan fingerprint density at radius 2 is 1.79 bits per heavy atom. The summed E-state index contributed by atoms with van der Waals surface area (Å²) in [5.74, 6) is 0.606. The summed E-state index contributed by atoms with van der Waals surface area (Å²) in [6.45, 7) is 4.28. The highest BCUT2D eigenvalue weighted by Crippen LogP contribution is 2.17. The topological polar surface area (TPSA) is 17.1 Å². The minimum atomic E-state index is 0.123. The molecule has 0 N–H and O–H groups in total. The molecule has 2 rings (SSSR count). The molecule has 1 nitrogen and oxygen atoms in total. The molecule has 0 aliphatic carbocycles. The zero-order valence-electron chi connectivity index (χ0n) is 11.2. The Morgan fingerprint density at radius 1 is 1.11 bits per heavy atom. The van der Waals surface area contributed by atoms with E-state index in [1.54, 1.807) is 0 Å². The van der Waals surface area contributed by atoms with E-state index in [9.17, 15) is 4.79 Å². The largest absolute Gasteiger partial charge is 0.294 e. The Hall–Kier alpha value is -1.60. The molecule has 0 aromatic heterocycles. The first-order valence-electron chi connectivity index (χ1n) is 6.44. The summed E-state index contributed by atoms with van der Waals surface area (Å²) >= 11 is 5.92. The van der Waals surface area contributed by atoms with Crippen molar-refractivity contribution in [2.75, 3.05) is 0 Å². The van der Waals surface area contributed by atoms with E-state index in [0.29, 0.717) is 17.4 Å². The van der Waals surface area contributed by atoms with Crippen molar-refractivity contribution in [3.63, 3.8) is 0 Å². The highest BCUT2D eigenvalue weighted by Gasteiger charge is 2.08. The van der Waals surface area contributed by atoms with Crippen LogP contribution >= 0.6 is 11.6 Å². The molecule has 0 unspecified atom stereocenters. The van der Waals surface area contributed by atoms with Crippen LogP contribution in [0.15, 0.2) is 48.5 Å². The predicted molar refractivity (Wildman–Crippen MR) is 80.0 cm³/mol. The highest BCUT2D eigenvalue weighted by molar-refractivity contribution is 6.30. The first-order chi connectivity index (χ1) is 9.06. The zero-order valence-corrected chi connectivity index (χ0v) is 11.9. The fourth-order valence-corrected chi connectivity index (χ4v) is 2.20. The van der Waals surface area contributed by atoms with Gasteiger partial charge >= 0.3 is 0 Å². The number of Topliss-reactive ketones (excluding diaryl/α,β-unsaturated/α-hetero) is 1. The maximum atomic E-state index is 12.2. The van der Waals surface area contributed by atoms with E-state index in [2.05, 4.69) is 13.8 Å². The summed E-state index contributed by atoms with van der Waals surface area (Å²) in [5, 5.41) is 0.667. The Labute approximate surface area is 119 Å². The van der Waals surface area contributed by atoms with E-state index in [0.717, 1.165) is 11.1 Å². The lowest BCUT2D eigenvalue weighted by molar-refractivity contribution is 0.0993. The normalized spacial score (nSPS) is 10.7. The Bertz CT molecular complexity index is 570. The van der Waals surface area contributed by atoms with Crippen molar-refractivity contribution in [3.05, 3.63) is 70.2 Å². The second-order valence-electron chi connectivity index (χ2n) is 5.01. The fourth-order valence-electron chi connectivity index (χ4n) is 1.99. The molecule has 0 saturated heterocycles. The molecule has 0 heterocycles. The number of halogens is 1. The van der Waals surface area contributed by atoms with Gasteiger partial charge in [-0.1, -0.05) is 61.8 Å². The van der Waals surface area contributed by atoms with Crippen LogP contribution in [0.4, 0.5) is 0 Å². The number of ketones is 1. The molecule has 2 aromatic rings. The van der Waals surface area contributed by atoms with Crippen LogP contribution in [0.3, 0.4) is 0 Å². The molecular formula is C17H17ClO. The number of hydrogen-bond donors (Lipinski definition) is 0. The molecule has 0 atom stereocenters. The maximum absolute atomic E-state index is 12.2. The van der Waals surface area contributed by atoms with Crippen molar-refractivity contribution in [1.82, 2.24) is 0 Å². The van der Waals surface area contributed by atoms with E-state index >= 15 is 0 Å². The average molecular weight is 273 g/mol. The summed E-state index contributed by atoms with van der Waals surface area (Å²) in [7, 11) is 0. The molecule has 98 valence electrons. The third-order valence-electron chi connectivity index (χ3n) is 3.15. The van der Waals surface area contributed by atoms with Gasteiger partial charge in [-0.2, -0.15) is 0 Å². The van der Waals surface area contributed by atoms with Crippen LogP contribution in [-0.2, 0) is 6.42 Å². The highest BCUT2D eigenvalue weighted by atomic mass is 35.5. The van der Waals surface area contributed by atoms with Crippen molar-refractivity contribution in [2.24, 2.45) is 0 Å². The molecule has 0 fully saturated rings. The van der Waals surface area contributed by atoms with Gasteiger partial charge in [-0.15, -0.1) is 0 Å². The molecule has 0 radical (unpaired) electrons. The van der Waals surface area contributed by atoms with E-state index in [1.807, 2.05) is 48.5 Å². The summed E-state index contributed by atoms with van der Waals surface area (Å²) < 4.78 is 0. The van der Waals surface area contributed by atoms with Gasteiger partial charge < -0.3 is 0 Å². The minimum absolute atomic E-state index is 0.123. The van der Waals surface area contributed by atoms with Crippen LogP contribution in [0.5, 0.6) is 0 Å². The van der Waals surface area contributed by atoms with E-state index in [4.69, 9.17) is 11.6 Å². The number of hydrogen-bond acceptors (Lipinski definition) is 1. The third-order valence-corrected chi connectivity index (χ3v) is 3.39. The second-order valence-corrected chi connectivity index (χ2v) is 5.44. The van der Waals surface area contributed by atoms with Gasteiger partial charge in [-0.25, -0.2) is 0 Å². The molecule has 19 heavy (non-hydrogen) atoms. The number of carbonyl (C=O) groups is 1. The SMILES string of the molecule is CC(C)c1ccc(C(=O)Cc2cccc(Cl)c2)cc1. The van der Waals surface area contributed by atoms with Gasteiger partial charge in [0, 0.05) is 17.0 Å². The number of benzene rings is 2. The number of carbonyl (C=O) groups excluding carboxylic acids is 1. The monoisotopic (exact) mass is 272 g/mol. The lowest BCUT2D eigenvalue weighted by atomic mass is 9.98. The van der Waals surface area contributed by atoms with Crippen molar-refractivity contribution in [1.29, 1.82) is 0 Å². The standard InChI is InChI=1S/C17H17ClO/c1-12(2)14-6-8-15(9-7-14)17(19)11-13-4-3-5-16(18)10-13/h3-10,12H,11H2,1-2H3. The molecule has 0 saturated carbocycles. The van der Waals surface area contributed by atoms with Crippen LogP contribution in [0.25, 0.3) is 0 Å². The van der Waals surface area contributed by atoms with E-state index < -0.39 is 0 Å². The molecule has 2 aromatic carbocycles. The first kappa shape index (κ1) is 13.8. The van der Waals surface area contributed by atoms with Crippen LogP contribution in [0.2, 0.25) is 5.02 Å². The average Bonchev–Trinajstić information content (AvgIpc) is 2.39. The third kappa shape index (κ3) is 3.68. The van der Waals surface area contributed by atoms with Crippen molar-refractivity contribution >= 4 is 17.4 Å². The van der Waals surface area contributed by atoms with Crippen LogP contribution in [0.1, 0.15) is 41.3 Å². The van der Waals surface area contributed by atoms with Gasteiger partial charge in [0.2, 0.25) is 0 Å². The van der Waals surface area contributed by atoms with E-state index in [-0.39, 0.29) is 5.78 Å². The first-order valence-corrected chi connectivity index (χ1v) is 6.81. The number of rotatable bonds is 4. The van der Waals surface area contributed by atoms with Crippen molar-refractivity contribution in [3.8, 4) is 0 Å². The molecule has 0 aliphatic rings. The van der Waals surface area contributed by atoms with Gasteiger partial charge in [0.25, 0.3) is 0 Å². The Balaban J connectivity index is 2.11. The summed E-state index contributed by atoms with van der Waals surface area (Å²) in [6, 6.07) is 15.3. The Kier molecular flexibility index (Phi) is 4.39. The Morgan fingerprint density at radius 3 is 2.37 bits per heavy atom. The van der Waals surface area contributed by atoms with E-state index in [1.165, 1.54) is 5.56 Å². The van der Waals surface area contributed by atoms with Crippen LogP contribution in [0, 0.1) is 0 Å². The summed E-state index contributed by atoms with van der Waals surface area (Å²) in [5.41, 5.74) is 2.95. The molecule has 0 spiro atoms. The van der Waals surface area contributed by atoms with Crippen LogP contribution < -0.4 is 0 Å². The van der Waals surface area contributed by atoms with Crippen LogP contribution in [-0.4, -0.2) is 5.78 Å². The molecular weight excluding hydrogens is 256 g/mol. The second kappa shape index (κ2) is 6.03. The molecule has 0 aliphatic heterocycles. The molecule has 2 heteroatoms. The molecule has 0 amide bonds. The van der Waals surface area contributed by atoms with Gasteiger partial charge in [0.15, 0.2) is 5.78 Å². The van der Waals surface area contributed by atoms with Gasteiger partial charge in [-0.3, -0.25) is 4.79 Å². The summed E-state index contributed by atoms with van der Waals surface area (Å²) in [4.78, 5) is 12.2. The zero-order chi connectivity index (χ0) is 13.8. The smallest absolute Gasteiger partial charge is 0.167 e. The van der Waals surface area contributed by atoms with Crippen molar-refractivity contribution < 1.29 is 4.79 Å². The lowest BCUT2D eigenvalue weighted by Crippen LogP contribution is -2.03. The molecule has 0 bridgehead atoms. The van der Waals surface area contributed by atoms with Gasteiger partial charge in [0.1, 0.15) is 0 Å². The predicted octanol–water partition coefficient (Wildman–Crippen LogP) is 4.89.